The summed E-state index contributed by atoms with van der Waals surface area (Å²) >= 11 is 0. The van der Waals surface area contributed by atoms with Crippen LogP contribution < -0.4 is 0 Å². The Labute approximate surface area is 429 Å². The van der Waals surface area contributed by atoms with Gasteiger partial charge in [0.1, 0.15) is 18.8 Å². The molecule has 0 aliphatic carbocycles. The zero-order valence-corrected chi connectivity index (χ0v) is 44.2. The van der Waals surface area contributed by atoms with Crippen LogP contribution in [0.2, 0.25) is 0 Å². The summed E-state index contributed by atoms with van der Waals surface area (Å²) in [6.45, 7) is 5.67. The largest absolute Gasteiger partial charge is 0.479 e. The maximum atomic E-state index is 13.1. The van der Waals surface area contributed by atoms with Gasteiger partial charge in [-0.15, -0.1) is 0 Å². The van der Waals surface area contributed by atoms with Crippen LogP contribution in [0, 0.1) is 0 Å². The van der Waals surface area contributed by atoms with Crippen LogP contribution in [0.5, 0.6) is 0 Å². The molecule has 1 fully saturated rings. The topological polar surface area (TPSA) is 175 Å². The van der Waals surface area contributed by atoms with E-state index in [-0.39, 0.29) is 25.9 Å². The van der Waals surface area contributed by atoms with Gasteiger partial charge in [-0.05, 0) is 77.0 Å². The Hall–Kier alpha value is -4.10. The molecular formula is C59H96O12. The number of aliphatic carboxylic acids is 1. The molecule has 0 bridgehead atoms. The number of rotatable bonds is 45. The average Bonchev–Trinajstić information content (AvgIpc) is 3.35. The Kier molecular flexibility index (Phi) is 42.9. The second-order valence-corrected chi connectivity index (χ2v) is 18.5. The van der Waals surface area contributed by atoms with Gasteiger partial charge in [0.2, 0.25) is 0 Å². The van der Waals surface area contributed by atoms with E-state index in [2.05, 4.69) is 93.7 Å². The fourth-order valence-electron chi connectivity index (χ4n) is 7.81. The molecule has 0 radical (unpaired) electrons. The zero-order valence-electron chi connectivity index (χ0n) is 44.2. The molecular weight excluding hydrogens is 901 g/mol. The molecule has 1 aliphatic rings. The van der Waals surface area contributed by atoms with Crippen LogP contribution in [0.1, 0.15) is 213 Å². The van der Waals surface area contributed by atoms with Gasteiger partial charge in [-0.25, -0.2) is 4.79 Å². The minimum atomic E-state index is -1.92. The number of carbonyl (C=O) groups is 4. The van der Waals surface area contributed by atoms with Crippen LogP contribution >= 0.6 is 0 Å². The standard InChI is InChI=1S/C59H96O12/c1-4-7-10-13-16-19-22-25-26-29-32-35-38-41-44-47-53(62)70-57-55(64)54(63)56(58(65)66)71-59(57)68-49-50(69-52(61)46-43-40-37-34-31-28-24-21-18-15-12-9-6-3)48-67-51(60)45-42-39-36-33-30-27-23-20-17-14-11-8-5-2/h7-8,10-11,16-17,19-20,25-27,30,36,39,50,54-57,59,63-64H,4-6,9,12-15,18,21-24,28-29,31-35,37-38,40-49H2,1-3H3,(H,65,66)/b10-7-,11-8-,19-16-,20-17-,26-25-,30-27-,39-36-. The number of aliphatic hydroxyl groups excluding tert-OH is 2. The summed E-state index contributed by atoms with van der Waals surface area (Å²) in [6.07, 6.45) is 47.2. The molecule has 12 heteroatoms. The minimum absolute atomic E-state index is 0.0321. The molecule has 6 unspecified atom stereocenters. The number of unbranched alkanes of at least 4 members (excludes halogenated alkanes) is 17. The van der Waals surface area contributed by atoms with Crippen molar-refractivity contribution in [1.82, 2.24) is 0 Å². The van der Waals surface area contributed by atoms with Crippen molar-refractivity contribution in [1.29, 1.82) is 0 Å². The number of carboxylic acids is 1. The lowest BCUT2D eigenvalue weighted by molar-refractivity contribution is -0.301. The third kappa shape index (κ3) is 37.3. The predicted molar refractivity (Wildman–Crippen MR) is 284 cm³/mol. The van der Waals surface area contributed by atoms with Gasteiger partial charge in [0.15, 0.2) is 24.6 Å². The van der Waals surface area contributed by atoms with E-state index in [1.807, 2.05) is 12.2 Å². The monoisotopic (exact) mass is 997 g/mol. The van der Waals surface area contributed by atoms with Gasteiger partial charge in [0.05, 0.1) is 6.61 Å². The SMILES string of the molecule is CC/C=C\C/C=C\C/C=C\C/C=C\CCC(=O)OCC(COC1OC(C(=O)O)C(O)C(O)C1OC(=O)CCCCCCC/C=C\C/C=C\C/C=C\CC)OC(=O)CCCCCCCCCCCCCCC. The molecule has 0 spiro atoms. The van der Waals surface area contributed by atoms with Gasteiger partial charge in [-0.2, -0.15) is 0 Å². The van der Waals surface area contributed by atoms with Crippen LogP contribution in [-0.4, -0.2) is 89.2 Å². The van der Waals surface area contributed by atoms with Gasteiger partial charge in [-0.1, -0.05) is 202 Å². The summed E-state index contributed by atoms with van der Waals surface area (Å²) in [5, 5.41) is 31.4. The Morgan fingerprint density at radius 1 is 0.479 bits per heavy atom. The molecule has 404 valence electrons. The zero-order chi connectivity index (χ0) is 51.8. The Morgan fingerprint density at radius 3 is 1.41 bits per heavy atom. The summed E-state index contributed by atoms with van der Waals surface area (Å²) in [5.74, 6) is -3.25. The number of carbonyl (C=O) groups excluding carboxylic acids is 3. The molecule has 3 N–H and O–H groups in total. The third-order valence-electron chi connectivity index (χ3n) is 12.0. The molecule has 71 heavy (non-hydrogen) atoms. The van der Waals surface area contributed by atoms with Gasteiger partial charge in [-0.3, -0.25) is 14.4 Å². The fourth-order valence-corrected chi connectivity index (χ4v) is 7.81. The number of ether oxygens (including phenoxy) is 5. The maximum Gasteiger partial charge on any atom is 0.335 e. The number of hydrogen-bond donors (Lipinski definition) is 3. The van der Waals surface area contributed by atoms with E-state index in [0.717, 1.165) is 96.3 Å². The first kappa shape index (κ1) is 64.9. The van der Waals surface area contributed by atoms with E-state index in [9.17, 15) is 34.5 Å². The van der Waals surface area contributed by atoms with E-state index in [1.54, 1.807) is 0 Å². The normalized spacial score (nSPS) is 19.1. The molecule has 0 amide bonds. The molecule has 0 saturated carbocycles. The van der Waals surface area contributed by atoms with Gasteiger partial charge < -0.3 is 39.0 Å². The number of carboxylic acid groups (broad SMARTS) is 1. The molecule has 1 aliphatic heterocycles. The van der Waals surface area contributed by atoms with Crippen LogP contribution in [0.4, 0.5) is 0 Å². The molecule has 0 aromatic carbocycles. The van der Waals surface area contributed by atoms with Crippen LogP contribution in [0.15, 0.2) is 85.1 Å². The lowest BCUT2D eigenvalue weighted by atomic mass is 9.98. The van der Waals surface area contributed by atoms with Crippen molar-refractivity contribution in [3.63, 3.8) is 0 Å². The van der Waals surface area contributed by atoms with Crippen LogP contribution in [0.25, 0.3) is 0 Å². The van der Waals surface area contributed by atoms with Crippen LogP contribution in [0.3, 0.4) is 0 Å². The number of allylic oxidation sites excluding steroid dienone is 14. The quantitative estimate of drug-likeness (QED) is 0.0228. The van der Waals surface area contributed by atoms with Gasteiger partial charge >= 0.3 is 23.9 Å². The molecule has 0 aromatic rings. The molecule has 6 atom stereocenters. The lowest BCUT2D eigenvalue weighted by Gasteiger charge is -2.40. The van der Waals surface area contributed by atoms with Crippen LogP contribution in [-0.2, 0) is 42.9 Å². The summed E-state index contributed by atoms with van der Waals surface area (Å²) in [7, 11) is 0. The highest BCUT2D eigenvalue weighted by Crippen LogP contribution is 2.26. The number of esters is 3. The first-order valence-corrected chi connectivity index (χ1v) is 27.6. The van der Waals surface area contributed by atoms with Crippen molar-refractivity contribution in [3.05, 3.63) is 85.1 Å². The van der Waals surface area contributed by atoms with E-state index in [4.69, 9.17) is 23.7 Å². The molecule has 12 nitrogen and oxygen atoms in total. The predicted octanol–water partition coefficient (Wildman–Crippen LogP) is 13.6. The summed E-state index contributed by atoms with van der Waals surface area (Å²) in [6, 6.07) is 0. The Balaban J connectivity index is 2.76. The summed E-state index contributed by atoms with van der Waals surface area (Å²) in [5.41, 5.74) is 0. The highest BCUT2D eigenvalue weighted by atomic mass is 16.7. The van der Waals surface area contributed by atoms with Crippen molar-refractivity contribution >= 4 is 23.9 Å². The average molecular weight is 997 g/mol. The van der Waals surface area contributed by atoms with Crippen molar-refractivity contribution in [2.45, 2.75) is 250 Å². The Morgan fingerprint density at radius 2 is 0.915 bits per heavy atom. The van der Waals surface area contributed by atoms with Gasteiger partial charge in [0, 0.05) is 19.3 Å². The van der Waals surface area contributed by atoms with E-state index >= 15 is 0 Å². The maximum absolute atomic E-state index is 13.1. The lowest BCUT2D eigenvalue weighted by Crippen LogP contribution is -2.61. The fraction of sp³-hybridized carbons (Fsp3) is 0.695. The van der Waals surface area contributed by atoms with E-state index in [0.29, 0.717) is 19.3 Å². The first-order valence-electron chi connectivity index (χ1n) is 27.6. The molecule has 1 saturated heterocycles. The third-order valence-corrected chi connectivity index (χ3v) is 12.0. The van der Waals surface area contributed by atoms with E-state index in [1.165, 1.54) is 57.8 Å². The molecule has 0 aromatic heterocycles. The second kappa shape index (κ2) is 46.9. The Bertz CT molecular complexity index is 1560. The summed E-state index contributed by atoms with van der Waals surface area (Å²) in [4.78, 5) is 50.9. The number of aliphatic hydroxyl groups is 2. The summed E-state index contributed by atoms with van der Waals surface area (Å²) < 4.78 is 28.2. The van der Waals surface area contributed by atoms with Gasteiger partial charge in [0.25, 0.3) is 0 Å². The highest BCUT2D eigenvalue weighted by Gasteiger charge is 2.50. The van der Waals surface area contributed by atoms with Crippen molar-refractivity contribution < 1.29 is 58.2 Å². The second-order valence-electron chi connectivity index (χ2n) is 18.5. The smallest absolute Gasteiger partial charge is 0.335 e. The molecule has 1 rings (SSSR count). The first-order chi connectivity index (χ1) is 34.6. The minimum Gasteiger partial charge on any atom is -0.479 e. The van der Waals surface area contributed by atoms with Crippen molar-refractivity contribution in [2.24, 2.45) is 0 Å². The van der Waals surface area contributed by atoms with Crippen molar-refractivity contribution in [2.75, 3.05) is 13.2 Å². The molecule has 1 heterocycles. The highest BCUT2D eigenvalue weighted by molar-refractivity contribution is 5.74. The van der Waals surface area contributed by atoms with E-state index < -0.39 is 67.3 Å². The van der Waals surface area contributed by atoms with Crippen molar-refractivity contribution in [3.8, 4) is 0 Å². The number of hydrogen-bond acceptors (Lipinski definition) is 11.